The van der Waals surface area contributed by atoms with Crippen LogP contribution < -0.4 is 0 Å². The summed E-state index contributed by atoms with van der Waals surface area (Å²) in [6.45, 7) is 1.82. The lowest BCUT2D eigenvalue weighted by Crippen LogP contribution is -2.50. The molecular formula is C17H16F3N5O3S2. The number of nitrogens with zero attached hydrogens (tertiary/aromatic N) is 5. The molecule has 0 bridgehead atoms. The molecule has 0 atom stereocenters. The number of hydrogen-bond acceptors (Lipinski definition) is 6. The van der Waals surface area contributed by atoms with Crippen molar-refractivity contribution in [1.29, 1.82) is 0 Å². The lowest BCUT2D eigenvalue weighted by Gasteiger charge is -2.33. The summed E-state index contributed by atoms with van der Waals surface area (Å²) in [6, 6.07) is 5.23. The second kappa shape index (κ2) is 7.32. The topological polar surface area (TPSA) is 87.9 Å². The molecule has 0 unspecified atom stereocenters. The minimum absolute atomic E-state index is 0.0791. The van der Waals surface area contributed by atoms with Gasteiger partial charge in [-0.05, 0) is 24.4 Å². The van der Waals surface area contributed by atoms with E-state index in [0.717, 1.165) is 17.4 Å². The van der Waals surface area contributed by atoms with Gasteiger partial charge >= 0.3 is 6.18 Å². The number of alkyl halides is 3. The largest absolute Gasteiger partial charge is 0.433 e. The second-order valence-electron chi connectivity index (χ2n) is 6.71. The fraction of sp³-hybridized carbons (Fsp3) is 0.353. The lowest BCUT2D eigenvalue weighted by molar-refractivity contribution is -0.142. The molecule has 3 aromatic heterocycles. The molecule has 13 heteroatoms. The number of thiophene rings is 1. The number of carbonyl (C=O) groups is 1. The Labute approximate surface area is 173 Å². The number of halogens is 3. The third-order valence-corrected chi connectivity index (χ3v) is 7.95. The Bertz CT molecular complexity index is 1200. The first-order chi connectivity index (χ1) is 14.1. The highest BCUT2D eigenvalue weighted by Crippen LogP contribution is 2.30. The molecule has 1 fully saturated rings. The Hall–Kier alpha value is -2.51. The Morgan fingerprint density at radius 2 is 1.87 bits per heavy atom. The normalized spacial score (nSPS) is 16.3. The van der Waals surface area contributed by atoms with E-state index in [-0.39, 0.29) is 47.4 Å². The highest BCUT2D eigenvalue weighted by Gasteiger charge is 2.36. The second-order valence-corrected chi connectivity index (χ2v) is 9.82. The number of amides is 1. The van der Waals surface area contributed by atoms with Gasteiger partial charge in [0, 0.05) is 37.9 Å². The first-order valence-corrected chi connectivity index (χ1v) is 11.2. The maximum atomic E-state index is 13.3. The van der Waals surface area contributed by atoms with Crippen molar-refractivity contribution in [1.82, 2.24) is 23.8 Å². The van der Waals surface area contributed by atoms with Crippen LogP contribution in [0, 0.1) is 6.92 Å². The number of rotatable bonds is 3. The fourth-order valence-corrected chi connectivity index (χ4v) is 5.80. The number of hydrogen-bond donors (Lipinski definition) is 0. The van der Waals surface area contributed by atoms with E-state index in [1.54, 1.807) is 11.4 Å². The van der Waals surface area contributed by atoms with Crippen LogP contribution in [0.15, 0.2) is 33.9 Å². The zero-order valence-electron chi connectivity index (χ0n) is 15.6. The van der Waals surface area contributed by atoms with Crippen molar-refractivity contribution >= 4 is 32.9 Å². The van der Waals surface area contributed by atoms with E-state index in [1.807, 2.05) is 0 Å². The maximum Gasteiger partial charge on any atom is 0.433 e. The lowest BCUT2D eigenvalue weighted by atomic mass is 10.3. The van der Waals surface area contributed by atoms with Crippen molar-refractivity contribution in [2.75, 3.05) is 26.2 Å². The molecule has 0 aliphatic carbocycles. The van der Waals surface area contributed by atoms with Gasteiger partial charge < -0.3 is 4.90 Å². The third kappa shape index (κ3) is 3.68. The van der Waals surface area contributed by atoms with Crippen LogP contribution in [0.3, 0.4) is 0 Å². The van der Waals surface area contributed by atoms with Crippen molar-refractivity contribution in [3.8, 4) is 0 Å². The molecule has 0 radical (unpaired) electrons. The summed E-state index contributed by atoms with van der Waals surface area (Å²) < 4.78 is 67.1. The maximum absolute atomic E-state index is 13.3. The number of sulfonamides is 1. The van der Waals surface area contributed by atoms with Gasteiger partial charge in [-0.2, -0.15) is 22.6 Å². The van der Waals surface area contributed by atoms with Gasteiger partial charge in [0.15, 0.2) is 11.3 Å². The SMILES string of the molecule is Cc1cc(C(F)(F)F)n2nc(C(=O)N3CCN(S(=O)(=O)c4cccs4)CC3)cc2n1. The molecule has 1 amide bonds. The van der Waals surface area contributed by atoms with Crippen molar-refractivity contribution in [2.45, 2.75) is 17.3 Å². The summed E-state index contributed by atoms with van der Waals surface area (Å²) in [5, 5.41) is 5.48. The van der Waals surface area contributed by atoms with E-state index in [0.29, 0.717) is 4.52 Å². The molecule has 4 heterocycles. The van der Waals surface area contributed by atoms with E-state index >= 15 is 0 Å². The summed E-state index contributed by atoms with van der Waals surface area (Å²) in [6.07, 6.45) is -4.65. The predicted molar refractivity (Wildman–Crippen MR) is 102 cm³/mol. The van der Waals surface area contributed by atoms with Crippen LogP contribution in [0.25, 0.3) is 5.65 Å². The molecule has 4 rings (SSSR count). The summed E-state index contributed by atoms with van der Waals surface area (Å²) in [5.74, 6) is -0.570. The molecule has 160 valence electrons. The quantitative estimate of drug-likeness (QED) is 0.600. The molecule has 0 saturated carbocycles. The van der Waals surface area contributed by atoms with Gasteiger partial charge in [-0.25, -0.2) is 17.9 Å². The predicted octanol–water partition coefficient (Wildman–Crippen LogP) is 2.26. The van der Waals surface area contributed by atoms with Gasteiger partial charge in [0.2, 0.25) is 0 Å². The van der Waals surface area contributed by atoms with Crippen molar-refractivity contribution in [3.05, 3.63) is 46.7 Å². The molecular weight excluding hydrogens is 443 g/mol. The molecule has 1 saturated heterocycles. The van der Waals surface area contributed by atoms with Crippen LogP contribution in [0.2, 0.25) is 0 Å². The number of carbonyl (C=O) groups excluding carboxylic acids is 1. The van der Waals surface area contributed by atoms with Crippen LogP contribution in [-0.2, 0) is 16.2 Å². The first-order valence-electron chi connectivity index (χ1n) is 8.85. The number of aryl methyl sites for hydroxylation is 1. The zero-order chi connectivity index (χ0) is 21.7. The average molecular weight is 459 g/mol. The Balaban J connectivity index is 1.54. The Morgan fingerprint density at radius 3 is 2.47 bits per heavy atom. The van der Waals surface area contributed by atoms with Crippen LogP contribution in [-0.4, -0.2) is 64.3 Å². The first kappa shape index (κ1) is 20.8. The molecule has 1 aliphatic rings. The highest BCUT2D eigenvalue weighted by molar-refractivity contribution is 7.91. The smallest absolute Gasteiger partial charge is 0.335 e. The molecule has 0 N–H and O–H groups in total. The standard InChI is InChI=1S/C17H16F3N5O3S2/c1-11-9-13(17(18,19)20)25-14(21-11)10-12(22-25)16(26)23-4-6-24(7-5-23)30(27,28)15-3-2-8-29-15/h2-3,8-10H,4-7H2,1H3. The molecule has 8 nitrogen and oxygen atoms in total. The van der Waals surface area contributed by atoms with Gasteiger partial charge in [0.25, 0.3) is 15.9 Å². The van der Waals surface area contributed by atoms with E-state index in [4.69, 9.17) is 0 Å². The summed E-state index contributed by atoms with van der Waals surface area (Å²) in [4.78, 5) is 18.2. The number of aromatic nitrogens is 3. The van der Waals surface area contributed by atoms with Crippen LogP contribution in [0.1, 0.15) is 21.9 Å². The van der Waals surface area contributed by atoms with E-state index in [1.165, 1.54) is 28.3 Å². The monoisotopic (exact) mass is 459 g/mol. The van der Waals surface area contributed by atoms with Gasteiger partial charge in [-0.15, -0.1) is 11.3 Å². The van der Waals surface area contributed by atoms with Gasteiger partial charge in [-0.3, -0.25) is 4.79 Å². The number of piperazine rings is 1. The van der Waals surface area contributed by atoms with Gasteiger partial charge in [0.05, 0.1) is 0 Å². The zero-order valence-corrected chi connectivity index (χ0v) is 17.3. The van der Waals surface area contributed by atoms with E-state index in [9.17, 15) is 26.4 Å². The van der Waals surface area contributed by atoms with Crippen molar-refractivity contribution in [2.24, 2.45) is 0 Å². The summed E-state index contributed by atoms with van der Waals surface area (Å²) >= 11 is 1.11. The van der Waals surface area contributed by atoms with Crippen LogP contribution in [0.5, 0.6) is 0 Å². The minimum atomic E-state index is -4.65. The molecule has 0 spiro atoms. The molecule has 1 aliphatic heterocycles. The Morgan fingerprint density at radius 1 is 1.17 bits per heavy atom. The van der Waals surface area contributed by atoms with Crippen LogP contribution >= 0.6 is 11.3 Å². The Kier molecular flexibility index (Phi) is 5.06. The van der Waals surface area contributed by atoms with Gasteiger partial charge in [-0.1, -0.05) is 6.07 Å². The minimum Gasteiger partial charge on any atom is -0.335 e. The fourth-order valence-electron chi connectivity index (χ4n) is 3.24. The molecule has 3 aromatic rings. The molecule has 0 aromatic carbocycles. The number of fused-ring (bicyclic) bond motifs is 1. The third-order valence-electron chi connectivity index (χ3n) is 4.68. The summed E-state index contributed by atoms with van der Waals surface area (Å²) in [7, 11) is -3.62. The summed E-state index contributed by atoms with van der Waals surface area (Å²) in [5.41, 5.74) is -1.12. The highest BCUT2D eigenvalue weighted by atomic mass is 32.2. The van der Waals surface area contributed by atoms with Crippen molar-refractivity contribution < 1.29 is 26.4 Å². The average Bonchev–Trinajstić information content (AvgIpc) is 3.36. The van der Waals surface area contributed by atoms with Crippen LogP contribution in [0.4, 0.5) is 13.2 Å². The van der Waals surface area contributed by atoms with E-state index < -0.39 is 27.8 Å². The van der Waals surface area contributed by atoms with Gasteiger partial charge in [0.1, 0.15) is 9.90 Å². The molecule has 30 heavy (non-hydrogen) atoms. The van der Waals surface area contributed by atoms with E-state index in [2.05, 4.69) is 10.1 Å². The van der Waals surface area contributed by atoms with Crippen molar-refractivity contribution in [3.63, 3.8) is 0 Å².